The average molecular weight is 370 g/mol. The predicted octanol–water partition coefficient (Wildman–Crippen LogP) is 3.28. The number of nitrogens with zero attached hydrogens (tertiary/aromatic N) is 1. The maximum atomic E-state index is 12.7. The standard InChI is InChI=1S/C20H22N2O3S/c23-19(10-15-26-16-6-2-1-3-7-16)21-18-9-5-4-8-17(18)20(24)22-11-13-25-14-12-22/h1-9H,10-15H2,(H,21,23). The molecular formula is C20H22N2O3S. The van der Waals surface area contributed by atoms with Crippen LogP contribution in [-0.2, 0) is 9.53 Å². The first-order valence-electron chi connectivity index (χ1n) is 8.68. The van der Waals surface area contributed by atoms with Crippen LogP contribution in [0.25, 0.3) is 0 Å². The Morgan fingerprint density at radius 1 is 1.00 bits per heavy atom. The zero-order valence-electron chi connectivity index (χ0n) is 14.5. The summed E-state index contributed by atoms with van der Waals surface area (Å²) in [5, 5.41) is 2.89. The first kappa shape index (κ1) is 18.5. The number of ether oxygens (including phenoxy) is 1. The van der Waals surface area contributed by atoms with E-state index in [9.17, 15) is 9.59 Å². The molecule has 136 valence electrons. The summed E-state index contributed by atoms with van der Waals surface area (Å²) in [6.45, 7) is 2.26. The van der Waals surface area contributed by atoms with Crippen LogP contribution in [0, 0.1) is 0 Å². The Morgan fingerprint density at radius 3 is 2.46 bits per heavy atom. The van der Waals surface area contributed by atoms with Crippen LogP contribution in [0.1, 0.15) is 16.8 Å². The Morgan fingerprint density at radius 2 is 1.69 bits per heavy atom. The molecular weight excluding hydrogens is 348 g/mol. The van der Waals surface area contributed by atoms with Gasteiger partial charge in [0.15, 0.2) is 0 Å². The van der Waals surface area contributed by atoms with E-state index in [2.05, 4.69) is 5.32 Å². The van der Waals surface area contributed by atoms with Gasteiger partial charge in [-0.1, -0.05) is 30.3 Å². The van der Waals surface area contributed by atoms with Crippen molar-refractivity contribution in [3.63, 3.8) is 0 Å². The number of carbonyl (C=O) groups is 2. The molecule has 0 radical (unpaired) electrons. The first-order valence-corrected chi connectivity index (χ1v) is 9.66. The van der Waals surface area contributed by atoms with E-state index in [1.54, 1.807) is 28.8 Å². The van der Waals surface area contributed by atoms with Crippen LogP contribution in [-0.4, -0.2) is 48.8 Å². The summed E-state index contributed by atoms with van der Waals surface area (Å²) in [6.07, 6.45) is 0.389. The van der Waals surface area contributed by atoms with Crippen molar-refractivity contribution < 1.29 is 14.3 Å². The van der Waals surface area contributed by atoms with Gasteiger partial charge in [0.25, 0.3) is 5.91 Å². The molecule has 1 heterocycles. The molecule has 6 heteroatoms. The van der Waals surface area contributed by atoms with Gasteiger partial charge in [0.1, 0.15) is 0 Å². The minimum Gasteiger partial charge on any atom is -0.378 e. The van der Waals surface area contributed by atoms with Crippen molar-refractivity contribution >= 4 is 29.3 Å². The fraction of sp³-hybridized carbons (Fsp3) is 0.300. The number of benzene rings is 2. The lowest BCUT2D eigenvalue weighted by Gasteiger charge is -2.27. The summed E-state index contributed by atoms with van der Waals surface area (Å²) in [5.41, 5.74) is 1.09. The number of thioether (sulfide) groups is 1. The van der Waals surface area contributed by atoms with Crippen molar-refractivity contribution in [2.45, 2.75) is 11.3 Å². The molecule has 2 aromatic carbocycles. The number of anilines is 1. The largest absolute Gasteiger partial charge is 0.378 e. The van der Waals surface area contributed by atoms with Gasteiger partial charge in [0, 0.05) is 30.2 Å². The Kier molecular flexibility index (Phi) is 6.68. The summed E-state index contributed by atoms with van der Waals surface area (Å²) >= 11 is 1.64. The Hall–Kier alpha value is -2.31. The number of carbonyl (C=O) groups excluding carboxylic acids is 2. The van der Waals surface area contributed by atoms with Crippen LogP contribution >= 0.6 is 11.8 Å². The van der Waals surface area contributed by atoms with E-state index in [1.165, 1.54) is 0 Å². The molecule has 0 saturated carbocycles. The van der Waals surface area contributed by atoms with Gasteiger partial charge < -0.3 is 15.0 Å². The second-order valence-corrected chi connectivity index (χ2v) is 7.08. The third-order valence-corrected chi connectivity index (χ3v) is 5.08. The van der Waals surface area contributed by atoms with Gasteiger partial charge in [0.2, 0.25) is 5.91 Å². The number of morpholine rings is 1. The van der Waals surface area contributed by atoms with Crippen LogP contribution in [0.5, 0.6) is 0 Å². The quantitative estimate of drug-likeness (QED) is 0.793. The summed E-state index contributed by atoms with van der Waals surface area (Å²) in [4.78, 5) is 27.9. The van der Waals surface area contributed by atoms with Gasteiger partial charge in [-0.3, -0.25) is 9.59 Å². The average Bonchev–Trinajstić information content (AvgIpc) is 2.69. The van der Waals surface area contributed by atoms with E-state index in [0.29, 0.717) is 49.7 Å². The van der Waals surface area contributed by atoms with Crippen LogP contribution in [0.4, 0.5) is 5.69 Å². The number of para-hydroxylation sites is 1. The van der Waals surface area contributed by atoms with Gasteiger partial charge in [-0.25, -0.2) is 0 Å². The van der Waals surface area contributed by atoms with Crippen LogP contribution in [0.3, 0.4) is 0 Å². The second kappa shape index (κ2) is 9.40. The van der Waals surface area contributed by atoms with E-state index in [-0.39, 0.29) is 11.8 Å². The fourth-order valence-corrected chi connectivity index (χ4v) is 3.58. The first-order chi connectivity index (χ1) is 12.7. The lowest BCUT2D eigenvalue weighted by atomic mass is 10.1. The number of nitrogens with one attached hydrogen (secondary N) is 1. The van der Waals surface area contributed by atoms with Crippen LogP contribution in [0.15, 0.2) is 59.5 Å². The molecule has 2 amide bonds. The second-order valence-electron chi connectivity index (χ2n) is 5.91. The van der Waals surface area contributed by atoms with Crippen LogP contribution in [0.2, 0.25) is 0 Å². The fourth-order valence-electron chi connectivity index (χ4n) is 2.71. The summed E-state index contributed by atoms with van der Waals surface area (Å²) < 4.78 is 5.30. The minimum atomic E-state index is -0.0874. The highest BCUT2D eigenvalue weighted by Crippen LogP contribution is 2.20. The van der Waals surface area contributed by atoms with Crippen molar-refractivity contribution in [2.75, 3.05) is 37.4 Å². The number of amides is 2. The van der Waals surface area contributed by atoms with Crippen molar-refractivity contribution in [1.82, 2.24) is 4.90 Å². The van der Waals surface area contributed by atoms with E-state index < -0.39 is 0 Å². The highest BCUT2D eigenvalue weighted by Gasteiger charge is 2.21. The molecule has 0 spiro atoms. The molecule has 2 aromatic rings. The smallest absolute Gasteiger partial charge is 0.256 e. The van der Waals surface area contributed by atoms with Gasteiger partial charge in [0.05, 0.1) is 24.5 Å². The summed E-state index contributed by atoms with van der Waals surface area (Å²) in [7, 11) is 0. The molecule has 0 aliphatic carbocycles. The maximum absolute atomic E-state index is 12.7. The summed E-state index contributed by atoms with van der Waals surface area (Å²) in [6, 6.07) is 17.2. The lowest BCUT2D eigenvalue weighted by Crippen LogP contribution is -2.41. The normalized spacial score (nSPS) is 14.1. The molecule has 1 aliphatic rings. The Labute approximate surface area is 157 Å². The van der Waals surface area contributed by atoms with E-state index in [4.69, 9.17) is 4.74 Å². The molecule has 5 nitrogen and oxygen atoms in total. The van der Waals surface area contributed by atoms with Crippen LogP contribution < -0.4 is 5.32 Å². The number of hydrogen-bond acceptors (Lipinski definition) is 4. The topological polar surface area (TPSA) is 58.6 Å². The molecule has 1 saturated heterocycles. The molecule has 1 N–H and O–H groups in total. The lowest BCUT2D eigenvalue weighted by molar-refractivity contribution is -0.115. The molecule has 0 atom stereocenters. The molecule has 0 bridgehead atoms. The number of hydrogen-bond donors (Lipinski definition) is 1. The molecule has 0 aromatic heterocycles. The predicted molar refractivity (Wildman–Crippen MR) is 104 cm³/mol. The third-order valence-electron chi connectivity index (χ3n) is 4.07. The van der Waals surface area contributed by atoms with Gasteiger partial charge in [-0.05, 0) is 24.3 Å². The maximum Gasteiger partial charge on any atom is 0.256 e. The van der Waals surface area contributed by atoms with Crippen molar-refractivity contribution in [1.29, 1.82) is 0 Å². The van der Waals surface area contributed by atoms with Gasteiger partial charge in [-0.2, -0.15) is 0 Å². The van der Waals surface area contributed by atoms with E-state index in [1.807, 2.05) is 42.5 Å². The Bertz CT molecular complexity index is 746. The molecule has 1 fully saturated rings. The summed E-state index contributed by atoms with van der Waals surface area (Å²) in [5.74, 6) is 0.536. The zero-order valence-corrected chi connectivity index (χ0v) is 15.3. The highest BCUT2D eigenvalue weighted by molar-refractivity contribution is 7.99. The zero-order chi connectivity index (χ0) is 18.2. The van der Waals surface area contributed by atoms with Crippen molar-refractivity contribution in [3.05, 3.63) is 60.2 Å². The van der Waals surface area contributed by atoms with E-state index in [0.717, 1.165) is 4.90 Å². The number of rotatable bonds is 6. The minimum absolute atomic E-state index is 0.0668. The van der Waals surface area contributed by atoms with Crippen molar-refractivity contribution in [2.24, 2.45) is 0 Å². The highest BCUT2D eigenvalue weighted by atomic mass is 32.2. The van der Waals surface area contributed by atoms with E-state index >= 15 is 0 Å². The molecule has 0 unspecified atom stereocenters. The van der Waals surface area contributed by atoms with Gasteiger partial charge in [-0.15, -0.1) is 11.8 Å². The van der Waals surface area contributed by atoms with Crippen molar-refractivity contribution in [3.8, 4) is 0 Å². The SMILES string of the molecule is O=C(CCSc1ccccc1)Nc1ccccc1C(=O)N1CCOCC1. The van der Waals surface area contributed by atoms with Gasteiger partial charge >= 0.3 is 0 Å². The molecule has 3 rings (SSSR count). The Balaban J connectivity index is 1.57. The molecule has 26 heavy (non-hydrogen) atoms. The monoisotopic (exact) mass is 370 g/mol. The molecule has 1 aliphatic heterocycles. The third kappa shape index (κ3) is 5.09.